The van der Waals surface area contributed by atoms with Crippen LogP contribution in [0, 0.1) is 25.3 Å². The summed E-state index contributed by atoms with van der Waals surface area (Å²) in [5.41, 5.74) is 0.939. The van der Waals surface area contributed by atoms with Crippen molar-refractivity contribution in [3.63, 3.8) is 0 Å². The lowest BCUT2D eigenvalue weighted by Crippen LogP contribution is -2.53. The van der Waals surface area contributed by atoms with Crippen molar-refractivity contribution in [3.8, 4) is 12.5 Å². The molecule has 2 rings (SSSR count). The van der Waals surface area contributed by atoms with Gasteiger partial charge in [-0.15, -0.1) is 0 Å². The summed E-state index contributed by atoms with van der Waals surface area (Å²) in [6, 6.07) is 14.2. The summed E-state index contributed by atoms with van der Waals surface area (Å²) >= 11 is 6.32. The van der Waals surface area contributed by atoms with Gasteiger partial charge < -0.3 is 15.4 Å². The van der Waals surface area contributed by atoms with Crippen molar-refractivity contribution < 1.29 is 19.1 Å². The van der Waals surface area contributed by atoms with Crippen molar-refractivity contribution in [2.75, 3.05) is 5.32 Å². The largest absolute Gasteiger partial charge is 0.444 e. The maximum absolute atomic E-state index is 13.8. The van der Waals surface area contributed by atoms with Crippen LogP contribution in [-0.2, 0) is 14.3 Å². The van der Waals surface area contributed by atoms with E-state index in [1.807, 2.05) is 26.8 Å². The van der Waals surface area contributed by atoms with Crippen molar-refractivity contribution in [2.24, 2.45) is 5.92 Å². The zero-order valence-corrected chi connectivity index (χ0v) is 22.3. The number of hydrogen-bond donors (Lipinski definition) is 2. The van der Waals surface area contributed by atoms with Gasteiger partial charge in [0.05, 0.1) is 10.7 Å². The first kappa shape index (κ1) is 28.7. The molecule has 0 aromatic heterocycles. The number of hydrogen-bond acceptors (Lipinski definition) is 4. The number of anilines is 1. The van der Waals surface area contributed by atoms with Gasteiger partial charge in [-0.25, -0.2) is 4.79 Å². The van der Waals surface area contributed by atoms with E-state index in [0.29, 0.717) is 22.7 Å². The van der Waals surface area contributed by atoms with Crippen LogP contribution in [0.15, 0.2) is 48.5 Å². The molecule has 0 saturated carbocycles. The maximum Gasteiger partial charge on any atom is 0.408 e. The minimum atomic E-state index is -1.17. The molecule has 0 spiro atoms. The molecule has 3 unspecified atom stereocenters. The summed E-state index contributed by atoms with van der Waals surface area (Å²) in [6.45, 7) is 10.7. The van der Waals surface area contributed by atoms with E-state index >= 15 is 0 Å². The fourth-order valence-corrected chi connectivity index (χ4v) is 3.84. The Bertz CT molecular complexity index is 1100. The Kier molecular flexibility index (Phi) is 9.94. The molecule has 0 aliphatic heterocycles. The van der Waals surface area contributed by atoms with Gasteiger partial charge in [0.2, 0.25) is 0 Å². The molecule has 192 valence electrons. The lowest BCUT2D eigenvalue weighted by Gasteiger charge is -2.32. The third-order valence-electron chi connectivity index (χ3n) is 5.62. The number of benzene rings is 2. The zero-order chi connectivity index (χ0) is 27.0. The van der Waals surface area contributed by atoms with Gasteiger partial charge in [0, 0.05) is 6.04 Å². The minimum absolute atomic E-state index is 0.286. The Morgan fingerprint density at radius 1 is 1.11 bits per heavy atom. The van der Waals surface area contributed by atoms with Crippen LogP contribution in [0.2, 0.25) is 5.02 Å². The molecule has 0 aliphatic rings. The number of aryl methyl sites for hydroxylation is 1. The highest BCUT2D eigenvalue weighted by Gasteiger charge is 2.38. The fraction of sp³-hybridized carbons (Fsp3) is 0.393. The first-order valence-corrected chi connectivity index (χ1v) is 12.2. The maximum atomic E-state index is 13.8. The number of para-hydroxylation sites is 1. The molecule has 36 heavy (non-hydrogen) atoms. The van der Waals surface area contributed by atoms with Crippen molar-refractivity contribution in [3.05, 3.63) is 64.7 Å². The second kappa shape index (κ2) is 12.5. The van der Waals surface area contributed by atoms with Crippen LogP contribution in [0.5, 0.6) is 0 Å². The van der Waals surface area contributed by atoms with Gasteiger partial charge in [0.25, 0.3) is 11.8 Å². The van der Waals surface area contributed by atoms with Crippen LogP contribution in [0.4, 0.5) is 10.5 Å². The second-order valence-electron chi connectivity index (χ2n) is 9.58. The molecule has 2 aromatic rings. The predicted octanol–water partition coefficient (Wildman–Crippen LogP) is 5.69. The molecular formula is C28H34ClN3O4. The van der Waals surface area contributed by atoms with Crippen molar-refractivity contribution >= 4 is 35.2 Å². The van der Waals surface area contributed by atoms with Gasteiger partial charge in [0.1, 0.15) is 17.7 Å². The lowest BCUT2D eigenvalue weighted by atomic mass is 9.96. The average molecular weight is 512 g/mol. The van der Waals surface area contributed by atoms with Crippen LogP contribution in [0.25, 0.3) is 0 Å². The summed E-state index contributed by atoms with van der Waals surface area (Å²) in [6.07, 6.45) is 5.65. The molecule has 8 heteroatoms. The van der Waals surface area contributed by atoms with E-state index in [9.17, 15) is 14.4 Å². The first-order chi connectivity index (χ1) is 16.9. The Morgan fingerprint density at radius 2 is 1.75 bits per heavy atom. The van der Waals surface area contributed by atoms with Crippen molar-refractivity contribution in [1.82, 2.24) is 10.2 Å². The summed E-state index contributed by atoms with van der Waals surface area (Å²) < 4.78 is 5.36. The number of amides is 3. The Hall–Kier alpha value is -3.50. The van der Waals surface area contributed by atoms with Crippen LogP contribution < -0.4 is 10.6 Å². The third kappa shape index (κ3) is 7.50. The zero-order valence-electron chi connectivity index (χ0n) is 21.6. The summed E-state index contributed by atoms with van der Waals surface area (Å²) in [5.74, 6) is -1.42. The fourth-order valence-electron chi connectivity index (χ4n) is 3.57. The van der Waals surface area contributed by atoms with Crippen molar-refractivity contribution in [1.29, 1.82) is 0 Å². The number of halogens is 1. The van der Waals surface area contributed by atoms with Crippen molar-refractivity contribution in [2.45, 2.75) is 65.6 Å². The highest BCUT2D eigenvalue weighted by Crippen LogP contribution is 2.29. The van der Waals surface area contributed by atoms with Crippen LogP contribution in [0.1, 0.15) is 58.2 Å². The predicted molar refractivity (Wildman–Crippen MR) is 142 cm³/mol. The van der Waals surface area contributed by atoms with Crippen LogP contribution in [0.3, 0.4) is 0 Å². The molecule has 0 heterocycles. The van der Waals surface area contributed by atoms with Gasteiger partial charge in [-0.2, -0.15) is 0 Å². The topological polar surface area (TPSA) is 87.7 Å². The van der Waals surface area contributed by atoms with E-state index in [-0.39, 0.29) is 5.92 Å². The molecule has 0 bridgehead atoms. The number of alkyl carbamates (subject to hydrolysis) is 1. The molecule has 2 N–H and O–H groups in total. The summed E-state index contributed by atoms with van der Waals surface area (Å²) in [5, 5.41) is 5.84. The molecule has 3 amide bonds. The average Bonchev–Trinajstić information content (AvgIpc) is 2.81. The molecule has 7 nitrogen and oxygen atoms in total. The van der Waals surface area contributed by atoms with E-state index in [1.165, 1.54) is 0 Å². The van der Waals surface area contributed by atoms with Gasteiger partial charge >= 0.3 is 6.09 Å². The number of nitrogens with zero attached hydrogens (tertiary/aromatic N) is 1. The van der Waals surface area contributed by atoms with Gasteiger partial charge in [0.15, 0.2) is 0 Å². The SMILES string of the molecule is C#CN(C(=O)C(NC(=O)OC(C)(C)C)C(C)CC)C(C(=O)Nc1c(C)cccc1Cl)c1ccccc1. The number of ether oxygens (including phenoxy) is 1. The summed E-state index contributed by atoms with van der Waals surface area (Å²) in [4.78, 5) is 41.0. The van der Waals surface area contributed by atoms with Gasteiger partial charge in [-0.1, -0.05) is 80.8 Å². The number of carbonyl (C=O) groups is 3. The number of terminal acetylenes is 1. The third-order valence-corrected chi connectivity index (χ3v) is 5.93. The first-order valence-electron chi connectivity index (χ1n) is 11.8. The molecule has 0 aliphatic carbocycles. The highest BCUT2D eigenvalue weighted by atomic mass is 35.5. The summed E-state index contributed by atoms with van der Waals surface area (Å²) in [7, 11) is 0. The smallest absolute Gasteiger partial charge is 0.408 e. The molecule has 2 aromatic carbocycles. The van der Waals surface area contributed by atoms with E-state index in [0.717, 1.165) is 10.5 Å². The number of rotatable bonds is 8. The van der Waals surface area contributed by atoms with E-state index in [1.54, 1.807) is 63.2 Å². The van der Waals surface area contributed by atoms with E-state index < -0.39 is 35.6 Å². The number of carbonyl (C=O) groups excluding carboxylic acids is 3. The quantitative estimate of drug-likeness (QED) is 0.352. The molecular weight excluding hydrogens is 478 g/mol. The minimum Gasteiger partial charge on any atom is -0.444 e. The molecule has 0 radical (unpaired) electrons. The van der Waals surface area contributed by atoms with Gasteiger partial charge in [-0.05, 0) is 50.8 Å². The van der Waals surface area contributed by atoms with E-state index in [4.69, 9.17) is 22.8 Å². The monoisotopic (exact) mass is 511 g/mol. The second-order valence-corrected chi connectivity index (χ2v) is 9.99. The normalized spacial score (nSPS) is 13.5. The molecule has 3 atom stereocenters. The highest BCUT2D eigenvalue weighted by molar-refractivity contribution is 6.34. The van der Waals surface area contributed by atoms with E-state index in [2.05, 4.69) is 16.7 Å². The number of nitrogens with one attached hydrogen (secondary N) is 2. The standard InChI is InChI=1S/C28H34ClN3O4/c1-8-18(3)23(31-27(35)36-28(5,6)7)26(34)32(9-2)24(20-15-11-10-12-16-20)25(33)30-22-19(4)14-13-17-21(22)29/h2,10-18,23-24H,8H2,1,3-7H3,(H,30,33)(H,31,35). The molecule has 0 fully saturated rings. The Balaban J connectivity index is 2.48. The van der Waals surface area contributed by atoms with Gasteiger partial charge in [-0.3, -0.25) is 14.5 Å². The Morgan fingerprint density at radius 3 is 2.28 bits per heavy atom. The van der Waals surface area contributed by atoms with Crippen LogP contribution in [-0.4, -0.2) is 34.5 Å². The lowest BCUT2D eigenvalue weighted by molar-refractivity contribution is -0.137. The Labute approximate surface area is 218 Å². The van der Waals surface area contributed by atoms with Crippen LogP contribution >= 0.6 is 11.6 Å². The molecule has 0 saturated heterocycles.